The van der Waals surface area contributed by atoms with E-state index in [0.29, 0.717) is 6.07 Å². The van der Waals surface area contributed by atoms with Crippen LogP contribution in [0.3, 0.4) is 0 Å². The van der Waals surface area contributed by atoms with Gasteiger partial charge in [0.1, 0.15) is 6.04 Å². The molecule has 0 aliphatic heterocycles. The number of hydrogen-bond acceptors (Lipinski definition) is 2. The zero-order chi connectivity index (χ0) is 17.1. The number of rotatable bonds is 4. The molecular formula is C13H14F6N2O. The summed E-state index contributed by atoms with van der Waals surface area (Å²) in [5, 5.41) is 1.85. The van der Waals surface area contributed by atoms with Gasteiger partial charge in [-0.2, -0.15) is 26.3 Å². The molecule has 0 aliphatic rings. The van der Waals surface area contributed by atoms with E-state index in [0.717, 1.165) is 23.1 Å². The van der Waals surface area contributed by atoms with Crippen molar-refractivity contribution in [2.24, 2.45) is 0 Å². The van der Waals surface area contributed by atoms with Gasteiger partial charge in [0.2, 0.25) is 5.91 Å². The molecule has 0 aromatic heterocycles. The van der Waals surface area contributed by atoms with Gasteiger partial charge in [0.05, 0.1) is 12.1 Å². The summed E-state index contributed by atoms with van der Waals surface area (Å²) in [6.07, 6.45) is -9.90. The minimum absolute atomic E-state index is 0.573. The maximum atomic E-state index is 13.1. The minimum atomic E-state index is -4.98. The highest BCUT2D eigenvalue weighted by Gasteiger charge is 2.45. The van der Waals surface area contributed by atoms with Crippen LogP contribution in [0, 0.1) is 0 Å². The maximum absolute atomic E-state index is 13.1. The lowest BCUT2D eigenvalue weighted by atomic mass is 9.99. The average molecular weight is 328 g/mol. The van der Waals surface area contributed by atoms with Crippen LogP contribution in [0.1, 0.15) is 17.2 Å². The molecule has 9 heteroatoms. The van der Waals surface area contributed by atoms with Gasteiger partial charge < -0.3 is 4.90 Å². The predicted molar refractivity (Wildman–Crippen MR) is 66.9 cm³/mol. The molecule has 0 aliphatic carbocycles. The lowest BCUT2D eigenvalue weighted by Gasteiger charge is -2.25. The summed E-state index contributed by atoms with van der Waals surface area (Å²) >= 11 is 0. The number of benzene rings is 1. The highest BCUT2D eigenvalue weighted by Crippen LogP contribution is 2.40. The summed E-state index contributed by atoms with van der Waals surface area (Å²) in [6.45, 7) is -0.733. The molecule has 0 radical (unpaired) electrons. The third-order valence-electron chi connectivity index (χ3n) is 2.86. The SMILES string of the molecule is CN(C)C(=O)CN[C@@H](c1ccccc1C(F)(F)F)C(F)(F)F. The Morgan fingerprint density at radius 2 is 1.68 bits per heavy atom. The Bertz CT molecular complexity index is 524. The van der Waals surface area contributed by atoms with E-state index < -0.39 is 42.0 Å². The summed E-state index contributed by atoms with van der Waals surface area (Å²) in [5.41, 5.74) is -2.35. The van der Waals surface area contributed by atoms with Crippen molar-refractivity contribution in [3.8, 4) is 0 Å². The number of alkyl halides is 6. The molecule has 1 rings (SSSR count). The molecule has 0 unspecified atom stereocenters. The van der Waals surface area contributed by atoms with E-state index in [2.05, 4.69) is 0 Å². The van der Waals surface area contributed by atoms with Crippen LogP contribution >= 0.6 is 0 Å². The van der Waals surface area contributed by atoms with Crippen molar-refractivity contribution in [1.82, 2.24) is 10.2 Å². The molecule has 1 aromatic carbocycles. The van der Waals surface area contributed by atoms with Gasteiger partial charge in [-0.15, -0.1) is 0 Å². The summed E-state index contributed by atoms with van der Waals surface area (Å²) < 4.78 is 77.8. The molecular weight excluding hydrogens is 314 g/mol. The molecule has 3 nitrogen and oxygen atoms in total. The van der Waals surface area contributed by atoms with Crippen LogP contribution < -0.4 is 5.32 Å². The third kappa shape index (κ3) is 4.62. The average Bonchev–Trinajstić information content (AvgIpc) is 2.36. The Labute approximate surface area is 122 Å². The fourth-order valence-electron chi connectivity index (χ4n) is 1.76. The number of hydrogen-bond donors (Lipinski definition) is 1. The van der Waals surface area contributed by atoms with Crippen LogP contribution in [0.25, 0.3) is 0 Å². The van der Waals surface area contributed by atoms with Gasteiger partial charge in [-0.1, -0.05) is 18.2 Å². The van der Waals surface area contributed by atoms with Crippen molar-refractivity contribution in [1.29, 1.82) is 0 Å². The Balaban J connectivity index is 3.17. The van der Waals surface area contributed by atoms with Crippen LogP contribution in [0.5, 0.6) is 0 Å². The first-order valence-electron chi connectivity index (χ1n) is 6.11. The first kappa shape index (κ1) is 18.3. The molecule has 1 N–H and O–H groups in total. The predicted octanol–water partition coefficient (Wildman–Crippen LogP) is 2.99. The van der Waals surface area contributed by atoms with Crippen molar-refractivity contribution in [3.63, 3.8) is 0 Å². The van der Waals surface area contributed by atoms with Gasteiger partial charge in [-0.3, -0.25) is 10.1 Å². The Morgan fingerprint density at radius 1 is 1.14 bits per heavy atom. The number of amides is 1. The van der Waals surface area contributed by atoms with E-state index >= 15 is 0 Å². The molecule has 1 aromatic rings. The number of nitrogens with one attached hydrogen (secondary N) is 1. The molecule has 0 spiro atoms. The lowest BCUT2D eigenvalue weighted by molar-refractivity contribution is -0.163. The fourth-order valence-corrected chi connectivity index (χ4v) is 1.76. The van der Waals surface area contributed by atoms with Crippen molar-refractivity contribution in [3.05, 3.63) is 35.4 Å². The fraction of sp³-hybridized carbons (Fsp3) is 0.462. The van der Waals surface area contributed by atoms with Gasteiger partial charge in [0.25, 0.3) is 0 Å². The van der Waals surface area contributed by atoms with Crippen LogP contribution in [0.15, 0.2) is 24.3 Å². The van der Waals surface area contributed by atoms with Gasteiger partial charge >= 0.3 is 12.4 Å². The first-order chi connectivity index (χ1) is 9.94. The van der Waals surface area contributed by atoms with Gasteiger partial charge in [-0.05, 0) is 11.6 Å². The van der Waals surface area contributed by atoms with Crippen LogP contribution in [-0.2, 0) is 11.0 Å². The topological polar surface area (TPSA) is 32.3 Å². The second-order valence-electron chi connectivity index (χ2n) is 4.73. The number of nitrogens with zero attached hydrogens (tertiary/aromatic N) is 1. The Hall–Kier alpha value is -1.77. The van der Waals surface area contributed by atoms with Crippen LogP contribution in [0.4, 0.5) is 26.3 Å². The zero-order valence-electron chi connectivity index (χ0n) is 11.7. The number of carbonyl (C=O) groups excluding carboxylic acids is 1. The Kier molecular flexibility index (Phi) is 5.44. The molecule has 1 amide bonds. The molecule has 0 fully saturated rings. The largest absolute Gasteiger partial charge is 0.416 e. The smallest absolute Gasteiger partial charge is 0.348 e. The second-order valence-corrected chi connectivity index (χ2v) is 4.73. The van der Waals surface area contributed by atoms with Gasteiger partial charge in [0, 0.05) is 14.1 Å². The highest BCUT2D eigenvalue weighted by atomic mass is 19.4. The Morgan fingerprint density at radius 3 is 2.14 bits per heavy atom. The van der Waals surface area contributed by atoms with E-state index in [1.807, 2.05) is 5.32 Å². The molecule has 0 saturated heterocycles. The second kappa shape index (κ2) is 6.55. The highest BCUT2D eigenvalue weighted by molar-refractivity contribution is 5.77. The van der Waals surface area contributed by atoms with E-state index in [-0.39, 0.29) is 0 Å². The minimum Gasteiger partial charge on any atom is -0.348 e. The molecule has 0 heterocycles. The van der Waals surface area contributed by atoms with Crippen LogP contribution in [-0.4, -0.2) is 37.6 Å². The maximum Gasteiger partial charge on any atom is 0.416 e. The lowest BCUT2D eigenvalue weighted by Crippen LogP contribution is -2.41. The molecule has 0 bridgehead atoms. The quantitative estimate of drug-likeness (QED) is 0.862. The zero-order valence-corrected chi connectivity index (χ0v) is 11.7. The molecule has 1 atom stereocenters. The van der Waals surface area contributed by atoms with E-state index in [1.54, 1.807) is 0 Å². The van der Waals surface area contributed by atoms with Gasteiger partial charge in [0.15, 0.2) is 0 Å². The van der Waals surface area contributed by atoms with E-state index in [4.69, 9.17) is 0 Å². The van der Waals surface area contributed by atoms with Crippen molar-refractivity contribution in [2.75, 3.05) is 20.6 Å². The summed E-state index contributed by atoms with van der Waals surface area (Å²) in [5.74, 6) is -0.682. The number of likely N-dealkylation sites (N-methyl/N-ethyl adjacent to an activating group) is 1. The normalized spacial score (nSPS) is 13.8. The van der Waals surface area contributed by atoms with Crippen LogP contribution in [0.2, 0.25) is 0 Å². The molecule has 22 heavy (non-hydrogen) atoms. The third-order valence-corrected chi connectivity index (χ3v) is 2.86. The summed E-state index contributed by atoms with van der Waals surface area (Å²) in [4.78, 5) is 12.4. The van der Waals surface area contributed by atoms with Crippen molar-refractivity contribution >= 4 is 5.91 Å². The standard InChI is InChI=1S/C13H14F6N2O/c1-21(2)10(22)7-20-11(13(17,18)19)8-5-3-4-6-9(8)12(14,15)16/h3-6,11,20H,7H2,1-2H3/t11-/m0/s1. The molecule has 0 saturated carbocycles. The summed E-state index contributed by atoms with van der Waals surface area (Å²) in [6, 6.07) is 0.815. The molecule has 124 valence electrons. The van der Waals surface area contributed by atoms with Crippen molar-refractivity contribution < 1.29 is 31.1 Å². The van der Waals surface area contributed by atoms with E-state index in [9.17, 15) is 31.1 Å². The monoisotopic (exact) mass is 328 g/mol. The van der Waals surface area contributed by atoms with Gasteiger partial charge in [-0.25, -0.2) is 0 Å². The summed E-state index contributed by atoms with van der Waals surface area (Å²) in [7, 11) is 2.66. The number of carbonyl (C=O) groups is 1. The van der Waals surface area contributed by atoms with Crippen molar-refractivity contribution in [2.45, 2.75) is 18.4 Å². The first-order valence-corrected chi connectivity index (χ1v) is 6.11. The number of halogens is 6. The van der Waals surface area contributed by atoms with E-state index in [1.165, 1.54) is 14.1 Å².